The van der Waals surface area contributed by atoms with E-state index in [9.17, 15) is 4.39 Å². The summed E-state index contributed by atoms with van der Waals surface area (Å²) < 4.78 is 19.6. The lowest BCUT2D eigenvalue weighted by Gasteiger charge is -2.27. The number of rotatable bonds is 5. The van der Waals surface area contributed by atoms with E-state index in [0.29, 0.717) is 18.7 Å². The van der Waals surface area contributed by atoms with Gasteiger partial charge in [0.2, 0.25) is 0 Å². The molecule has 2 N–H and O–H groups in total. The summed E-state index contributed by atoms with van der Waals surface area (Å²) in [7, 11) is 1.88. The Balaban J connectivity index is 2.20. The summed E-state index contributed by atoms with van der Waals surface area (Å²) in [6.07, 6.45) is 0. The van der Waals surface area contributed by atoms with Crippen molar-refractivity contribution < 1.29 is 8.81 Å². The molecule has 0 bridgehead atoms. The van der Waals surface area contributed by atoms with Gasteiger partial charge in [-0.15, -0.1) is 0 Å². The maximum absolute atomic E-state index is 14.1. The van der Waals surface area contributed by atoms with E-state index in [1.807, 2.05) is 31.0 Å². The number of hydrogen-bond acceptors (Lipinski definition) is 3. The largest absolute Gasteiger partial charge is 0.465 e. The zero-order valence-electron chi connectivity index (χ0n) is 11.6. The molecule has 20 heavy (non-hydrogen) atoms. The molecule has 1 aromatic carbocycles. The number of halogens is 2. The highest BCUT2D eigenvalue weighted by molar-refractivity contribution is 6.30. The van der Waals surface area contributed by atoms with Crippen molar-refractivity contribution in [1.29, 1.82) is 0 Å². The van der Waals surface area contributed by atoms with E-state index in [0.717, 1.165) is 11.5 Å². The Labute approximate surface area is 123 Å². The van der Waals surface area contributed by atoms with Crippen LogP contribution in [0.25, 0.3) is 0 Å². The first-order valence-electron chi connectivity index (χ1n) is 6.42. The van der Waals surface area contributed by atoms with Gasteiger partial charge in [0.05, 0.1) is 17.6 Å². The van der Waals surface area contributed by atoms with Gasteiger partial charge in [-0.3, -0.25) is 4.90 Å². The van der Waals surface area contributed by atoms with E-state index in [-0.39, 0.29) is 11.1 Å². The van der Waals surface area contributed by atoms with Crippen molar-refractivity contribution in [3.8, 4) is 0 Å². The summed E-state index contributed by atoms with van der Waals surface area (Å²) in [6.45, 7) is 2.75. The fraction of sp³-hybridized carbons (Fsp3) is 0.333. The lowest BCUT2D eigenvalue weighted by atomic mass is 10.0. The lowest BCUT2D eigenvalue weighted by molar-refractivity contribution is 0.217. The van der Waals surface area contributed by atoms with Crippen LogP contribution in [-0.4, -0.2) is 18.5 Å². The fourth-order valence-electron chi connectivity index (χ4n) is 2.25. The second kappa shape index (κ2) is 6.39. The van der Waals surface area contributed by atoms with E-state index >= 15 is 0 Å². The van der Waals surface area contributed by atoms with Crippen LogP contribution < -0.4 is 5.73 Å². The quantitative estimate of drug-likeness (QED) is 0.918. The molecule has 1 heterocycles. The molecule has 0 aliphatic carbocycles. The maximum atomic E-state index is 14.1. The number of benzene rings is 1. The Hall–Kier alpha value is -1.36. The molecular formula is C15H18ClFN2O. The highest BCUT2D eigenvalue weighted by Crippen LogP contribution is 2.27. The van der Waals surface area contributed by atoms with E-state index in [4.69, 9.17) is 21.8 Å². The smallest absolute Gasteiger partial charge is 0.146 e. The van der Waals surface area contributed by atoms with Crippen LogP contribution in [0.15, 0.2) is 34.7 Å². The first-order chi connectivity index (χ1) is 9.52. The van der Waals surface area contributed by atoms with E-state index in [2.05, 4.69) is 0 Å². The molecule has 0 radical (unpaired) electrons. The van der Waals surface area contributed by atoms with Crippen LogP contribution in [0.4, 0.5) is 4.39 Å². The van der Waals surface area contributed by atoms with Crippen molar-refractivity contribution in [2.45, 2.75) is 19.5 Å². The van der Waals surface area contributed by atoms with Crippen molar-refractivity contribution in [2.75, 3.05) is 13.6 Å². The first-order valence-corrected chi connectivity index (χ1v) is 6.80. The number of nitrogens with zero attached hydrogens (tertiary/aromatic N) is 1. The Kier molecular flexibility index (Phi) is 4.81. The summed E-state index contributed by atoms with van der Waals surface area (Å²) in [5, 5.41) is 0.114. The van der Waals surface area contributed by atoms with Crippen molar-refractivity contribution in [3.05, 3.63) is 58.3 Å². The molecule has 0 aliphatic heterocycles. The van der Waals surface area contributed by atoms with Crippen LogP contribution in [0.5, 0.6) is 0 Å². The molecule has 1 atom stereocenters. The SMILES string of the molecule is Cc1ccc(CN(C)C(CN)c2cccc(Cl)c2F)o1. The lowest BCUT2D eigenvalue weighted by Crippen LogP contribution is -2.30. The van der Waals surface area contributed by atoms with Crippen LogP contribution in [0.1, 0.15) is 23.1 Å². The van der Waals surface area contributed by atoms with E-state index < -0.39 is 5.82 Å². The van der Waals surface area contributed by atoms with Crippen LogP contribution in [-0.2, 0) is 6.54 Å². The molecule has 0 fully saturated rings. The number of furan rings is 1. The number of aryl methyl sites for hydroxylation is 1. The molecule has 1 unspecified atom stereocenters. The third kappa shape index (κ3) is 3.20. The predicted octanol–water partition coefficient (Wildman–Crippen LogP) is 3.51. The van der Waals surface area contributed by atoms with Gasteiger partial charge in [0, 0.05) is 12.1 Å². The molecule has 0 amide bonds. The summed E-state index contributed by atoms with van der Waals surface area (Å²) in [4.78, 5) is 1.95. The van der Waals surface area contributed by atoms with Crippen molar-refractivity contribution in [1.82, 2.24) is 4.90 Å². The van der Waals surface area contributed by atoms with Gasteiger partial charge in [-0.2, -0.15) is 0 Å². The first kappa shape index (κ1) is 15.0. The number of likely N-dealkylation sites (N-methyl/N-ethyl adjacent to an activating group) is 1. The van der Waals surface area contributed by atoms with Gasteiger partial charge in [-0.1, -0.05) is 23.7 Å². The van der Waals surface area contributed by atoms with Gasteiger partial charge in [-0.05, 0) is 32.2 Å². The van der Waals surface area contributed by atoms with Gasteiger partial charge in [0.25, 0.3) is 0 Å². The van der Waals surface area contributed by atoms with Crippen molar-refractivity contribution in [3.63, 3.8) is 0 Å². The zero-order valence-corrected chi connectivity index (χ0v) is 12.3. The summed E-state index contributed by atoms with van der Waals surface area (Å²) in [6, 6.07) is 8.54. The maximum Gasteiger partial charge on any atom is 0.146 e. The third-order valence-electron chi connectivity index (χ3n) is 3.30. The number of hydrogen-bond donors (Lipinski definition) is 1. The van der Waals surface area contributed by atoms with Gasteiger partial charge < -0.3 is 10.2 Å². The topological polar surface area (TPSA) is 42.4 Å². The Morgan fingerprint density at radius 1 is 1.35 bits per heavy atom. The van der Waals surface area contributed by atoms with Crippen LogP contribution in [0.2, 0.25) is 5.02 Å². The minimum absolute atomic E-state index is 0.114. The highest BCUT2D eigenvalue weighted by atomic mass is 35.5. The molecule has 2 rings (SSSR count). The molecule has 108 valence electrons. The summed E-state index contributed by atoms with van der Waals surface area (Å²) in [5.41, 5.74) is 6.31. The minimum Gasteiger partial charge on any atom is -0.465 e. The third-order valence-corrected chi connectivity index (χ3v) is 3.59. The molecular weight excluding hydrogens is 279 g/mol. The summed E-state index contributed by atoms with van der Waals surface area (Å²) in [5.74, 6) is 1.27. The monoisotopic (exact) mass is 296 g/mol. The van der Waals surface area contributed by atoms with E-state index in [1.165, 1.54) is 6.07 Å². The molecule has 5 heteroatoms. The van der Waals surface area contributed by atoms with Gasteiger partial charge in [0.15, 0.2) is 0 Å². The van der Waals surface area contributed by atoms with Gasteiger partial charge in [-0.25, -0.2) is 4.39 Å². The van der Waals surface area contributed by atoms with Crippen molar-refractivity contribution in [2.24, 2.45) is 5.73 Å². The number of nitrogens with two attached hydrogens (primary N) is 1. The average Bonchev–Trinajstić information content (AvgIpc) is 2.81. The van der Waals surface area contributed by atoms with E-state index in [1.54, 1.807) is 12.1 Å². The standard InChI is InChI=1S/C15H18ClFN2O/c1-10-6-7-11(20-10)9-19(2)14(8-18)12-4-3-5-13(16)15(12)17/h3-7,14H,8-9,18H2,1-2H3. The second-order valence-electron chi connectivity index (χ2n) is 4.82. The normalized spacial score (nSPS) is 12.9. The van der Waals surface area contributed by atoms with Gasteiger partial charge in [0.1, 0.15) is 17.3 Å². The Bertz CT molecular complexity index is 585. The zero-order chi connectivity index (χ0) is 14.7. The fourth-order valence-corrected chi connectivity index (χ4v) is 2.43. The highest BCUT2D eigenvalue weighted by Gasteiger charge is 2.21. The average molecular weight is 297 g/mol. The molecule has 0 saturated carbocycles. The molecule has 1 aromatic heterocycles. The van der Waals surface area contributed by atoms with Gasteiger partial charge >= 0.3 is 0 Å². The van der Waals surface area contributed by atoms with Crippen molar-refractivity contribution >= 4 is 11.6 Å². The summed E-state index contributed by atoms with van der Waals surface area (Å²) >= 11 is 5.83. The molecule has 3 nitrogen and oxygen atoms in total. The second-order valence-corrected chi connectivity index (χ2v) is 5.23. The van der Waals surface area contributed by atoms with Crippen LogP contribution in [0.3, 0.4) is 0 Å². The minimum atomic E-state index is -0.410. The Morgan fingerprint density at radius 3 is 2.70 bits per heavy atom. The Morgan fingerprint density at radius 2 is 2.10 bits per heavy atom. The molecule has 0 spiro atoms. The van der Waals surface area contributed by atoms with Crippen LogP contribution >= 0.6 is 11.6 Å². The molecule has 2 aromatic rings. The molecule has 0 aliphatic rings. The molecule has 0 saturated heterocycles. The predicted molar refractivity (Wildman–Crippen MR) is 78.1 cm³/mol. The van der Waals surface area contributed by atoms with Crippen LogP contribution in [0, 0.1) is 12.7 Å².